The number of aryl methyl sites for hydroxylation is 1. The molecule has 0 aliphatic carbocycles. The summed E-state index contributed by atoms with van der Waals surface area (Å²) in [6, 6.07) is 5.69. The molecule has 5 nitrogen and oxygen atoms in total. The average molecular weight is 217 g/mol. The molecule has 0 aliphatic heterocycles. The second kappa shape index (κ2) is 4.76. The van der Waals surface area contributed by atoms with Crippen LogP contribution in [0.5, 0.6) is 0 Å². The lowest BCUT2D eigenvalue weighted by atomic mass is 10.2. The number of aromatic nitrogens is 3. The fourth-order valence-electron chi connectivity index (χ4n) is 1.60. The van der Waals surface area contributed by atoms with E-state index in [4.69, 9.17) is 5.84 Å². The molecule has 0 spiro atoms. The fraction of sp³-hybridized carbons (Fsp3) is 0.273. The Hall–Kier alpha value is -1.88. The molecule has 0 saturated heterocycles. The number of pyridine rings is 1. The Balaban J connectivity index is 2.37. The van der Waals surface area contributed by atoms with Gasteiger partial charge >= 0.3 is 0 Å². The summed E-state index contributed by atoms with van der Waals surface area (Å²) in [6.45, 7) is 3.01. The molecule has 2 heterocycles. The van der Waals surface area contributed by atoms with Crippen LogP contribution in [-0.2, 0) is 6.54 Å². The first kappa shape index (κ1) is 10.6. The molecule has 0 unspecified atom stereocenters. The minimum absolute atomic E-state index is 0.842. The maximum absolute atomic E-state index is 5.37. The van der Waals surface area contributed by atoms with Crippen LogP contribution >= 0.6 is 0 Å². The molecule has 0 bridgehead atoms. The quantitative estimate of drug-likeness (QED) is 0.603. The highest BCUT2D eigenvalue weighted by Crippen LogP contribution is 2.19. The van der Waals surface area contributed by atoms with Crippen molar-refractivity contribution in [3.8, 4) is 11.4 Å². The first-order valence-corrected chi connectivity index (χ1v) is 5.30. The van der Waals surface area contributed by atoms with E-state index in [0.29, 0.717) is 0 Å². The Bertz CT molecular complexity index is 463. The van der Waals surface area contributed by atoms with Gasteiger partial charge < -0.3 is 5.43 Å². The Kier molecular flexibility index (Phi) is 3.16. The molecule has 0 amide bonds. The predicted molar refractivity (Wildman–Crippen MR) is 63.6 cm³/mol. The van der Waals surface area contributed by atoms with Gasteiger partial charge in [0, 0.05) is 18.9 Å². The predicted octanol–water partition coefficient (Wildman–Crippen LogP) is 1.64. The van der Waals surface area contributed by atoms with Crippen LogP contribution in [0.25, 0.3) is 11.4 Å². The minimum Gasteiger partial charge on any atom is -0.324 e. The molecule has 2 aromatic heterocycles. The van der Waals surface area contributed by atoms with Crippen molar-refractivity contribution in [2.24, 2.45) is 5.84 Å². The van der Waals surface area contributed by atoms with Gasteiger partial charge in [-0.2, -0.15) is 5.10 Å². The number of hydrazine groups is 1. The number of nitrogen functional groups attached to an aromatic ring is 1. The molecule has 0 atom stereocenters. The van der Waals surface area contributed by atoms with Crippen molar-refractivity contribution in [1.82, 2.24) is 14.8 Å². The van der Waals surface area contributed by atoms with Crippen LogP contribution in [0.2, 0.25) is 0 Å². The highest BCUT2D eigenvalue weighted by molar-refractivity contribution is 5.60. The lowest BCUT2D eigenvalue weighted by Gasteiger charge is -2.06. The number of anilines is 1. The first-order valence-electron chi connectivity index (χ1n) is 5.30. The summed E-state index contributed by atoms with van der Waals surface area (Å²) < 4.78 is 1.95. The van der Waals surface area contributed by atoms with Gasteiger partial charge in [0.05, 0.1) is 17.1 Å². The zero-order chi connectivity index (χ0) is 11.4. The van der Waals surface area contributed by atoms with Crippen LogP contribution in [0.3, 0.4) is 0 Å². The average Bonchev–Trinajstić information content (AvgIpc) is 2.78. The SMILES string of the molecule is CCCn1nccc1-c1cc(NN)ccn1. The molecule has 3 N–H and O–H groups in total. The van der Waals surface area contributed by atoms with E-state index in [0.717, 1.165) is 30.0 Å². The van der Waals surface area contributed by atoms with Crippen LogP contribution in [-0.4, -0.2) is 14.8 Å². The van der Waals surface area contributed by atoms with E-state index in [-0.39, 0.29) is 0 Å². The van der Waals surface area contributed by atoms with Crippen molar-refractivity contribution >= 4 is 5.69 Å². The molecule has 0 saturated carbocycles. The van der Waals surface area contributed by atoms with E-state index < -0.39 is 0 Å². The van der Waals surface area contributed by atoms with Crippen LogP contribution in [0.1, 0.15) is 13.3 Å². The van der Waals surface area contributed by atoms with Gasteiger partial charge in [0.2, 0.25) is 0 Å². The van der Waals surface area contributed by atoms with Crippen LogP contribution in [0.15, 0.2) is 30.6 Å². The van der Waals surface area contributed by atoms with Gasteiger partial charge in [-0.1, -0.05) is 6.92 Å². The molecule has 2 rings (SSSR count). The number of hydrogen-bond acceptors (Lipinski definition) is 4. The molecule has 84 valence electrons. The standard InChI is InChI=1S/C11H15N5/c1-2-7-16-11(4-6-14-16)10-8-9(15-12)3-5-13-10/h3-6,8H,2,7,12H2,1H3,(H,13,15). The van der Waals surface area contributed by atoms with E-state index in [1.54, 1.807) is 12.4 Å². The highest BCUT2D eigenvalue weighted by Gasteiger charge is 2.06. The zero-order valence-corrected chi connectivity index (χ0v) is 9.22. The third-order valence-corrected chi connectivity index (χ3v) is 2.34. The summed E-state index contributed by atoms with van der Waals surface area (Å²) in [4.78, 5) is 4.32. The van der Waals surface area contributed by atoms with E-state index in [2.05, 4.69) is 22.4 Å². The topological polar surface area (TPSA) is 68.8 Å². The maximum atomic E-state index is 5.37. The van der Waals surface area contributed by atoms with Crippen LogP contribution in [0, 0.1) is 0 Å². The summed E-state index contributed by atoms with van der Waals surface area (Å²) in [5.41, 5.74) is 5.34. The van der Waals surface area contributed by atoms with Crippen molar-refractivity contribution in [3.05, 3.63) is 30.6 Å². The Morgan fingerprint density at radius 1 is 1.38 bits per heavy atom. The van der Waals surface area contributed by atoms with Gasteiger partial charge in [-0.3, -0.25) is 15.5 Å². The molecule has 16 heavy (non-hydrogen) atoms. The molecular formula is C11H15N5. The largest absolute Gasteiger partial charge is 0.324 e. The monoisotopic (exact) mass is 217 g/mol. The van der Waals surface area contributed by atoms with Crippen molar-refractivity contribution < 1.29 is 0 Å². The van der Waals surface area contributed by atoms with Gasteiger partial charge in [-0.25, -0.2) is 0 Å². The van der Waals surface area contributed by atoms with Gasteiger partial charge in [0.15, 0.2) is 0 Å². The summed E-state index contributed by atoms with van der Waals surface area (Å²) in [6.07, 6.45) is 4.56. The molecule has 0 aromatic carbocycles. The molecule has 0 aliphatic rings. The van der Waals surface area contributed by atoms with Crippen molar-refractivity contribution in [2.45, 2.75) is 19.9 Å². The Labute approximate surface area is 94.3 Å². The van der Waals surface area contributed by atoms with E-state index >= 15 is 0 Å². The molecular weight excluding hydrogens is 202 g/mol. The first-order chi connectivity index (χ1) is 7.85. The summed E-state index contributed by atoms with van der Waals surface area (Å²) >= 11 is 0. The molecule has 5 heteroatoms. The minimum atomic E-state index is 0.842. The molecule has 0 fully saturated rings. The second-order valence-electron chi connectivity index (χ2n) is 3.51. The van der Waals surface area contributed by atoms with Gasteiger partial charge in [-0.05, 0) is 24.6 Å². The van der Waals surface area contributed by atoms with Crippen molar-refractivity contribution in [3.63, 3.8) is 0 Å². The van der Waals surface area contributed by atoms with E-state index in [9.17, 15) is 0 Å². The van der Waals surface area contributed by atoms with Gasteiger partial charge in [-0.15, -0.1) is 0 Å². The molecule has 2 aromatic rings. The van der Waals surface area contributed by atoms with E-state index in [1.165, 1.54) is 0 Å². The van der Waals surface area contributed by atoms with Crippen LogP contribution < -0.4 is 11.3 Å². The summed E-state index contributed by atoms with van der Waals surface area (Å²) in [5, 5.41) is 4.26. The zero-order valence-electron chi connectivity index (χ0n) is 9.22. The van der Waals surface area contributed by atoms with E-state index in [1.807, 2.05) is 22.9 Å². The number of nitrogens with one attached hydrogen (secondary N) is 1. The smallest absolute Gasteiger partial charge is 0.0903 e. The highest BCUT2D eigenvalue weighted by atomic mass is 15.3. The van der Waals surface area contributed by atoms with Gasteiger partial charge in [0.1, 0.15) is 0 Å². The van der Waals surface area contributed by atoms with Crippen LogP contribution in [0.4, 0.5) is 5.69 Å². The number of nitrogens with zero attached hydrogens (tertiary/aromatic N) is 3. The number of rotatable bonds is 4. The maximum Gasteiger partial charge on any atom is 0.0903 e. The third-order valence-electron chi connectivity index (χ3n) is 2.34. The van der Waals surface area contributed by atoms with Crippen molar-refractivity contribution in [1.29, 1.82) is 0 Å². The fourth-order valence-corrected chi connectivity index (χ4v) is 1.60. The lowest BCUT2D eigenvalue weighted by molar-refractivity contribution is 0.608. The second-order valence-corrected chi connectivity index (χ2v) is 3.51. The Morgan fingerprint density at radius 2 is 2.25 bits per heavy atom. The molecule has 0 radical (unpaired) electrons. The Morgan fingerprint density at radius 3 is 3.00 bits per heavy atom. The lowest BCUT2D eigenvalue weighted by Crippen LogP contribution is -2.07. The third kappa shape index (κ3) is 2.04. The normalized spacial score (nSPS) is 10.4. The summed E-state index contributed by atoms with van der Waals surface area (Å²) in [7, 11) is 0. The van der Waals surface area contributed by atoms with Crippen molar-refractivity contribution in [2.75, 3.05) is 5.43 Å². The summed E-state index contributed by atoms with van der Waals surface area (Å²) in [5.74, 6) is 5.37. The van der Waals surface area contributed by atoms with Gasteiger partial charge in [0.25, 0.3) is 0 Å². The number of hydrogen-bond donors (Lipinski definition) is 2. The number of nitrogens with two attached hydrogens (primary N) is 1.